The van der Waals surface area contributed by atoms with Crippen molar-refractivity contribution in [3.8, 4) is 11.3 Å². The van der Waals surface area contributed by atoms with Crippen molar-refractivity contribution in [2.45, 2.75) is 31.7 Å². The summed E-state index contributed by atoms with van der Waals surface area (Å²) in [6, 6.07) is 7.22. The van der Waals surface area contributed by atoms with Crippen LogP contribution in [-0.4, -0.2) is 27.3 Å². The number of hydrogen-bond acceptors (Lipinski definition) is 4. The molecule has 1 amide bonds. The molecule has 1 aliphatic rings. The fourth-order valence-electron chi connectivity index (χ4n) is 3.59. The molecule has 28 heavy (non-hydrogen) atoms. The topological polar surface area (TPSA) is 59.2 Å². The summed E-state index contributed by atoms with van der Waals surface area (Å²) >= 11 is 0. The van der Waals surface area contributed by atoms with Gasteiger partial charge in [-0.15, -0.1) is 0 Å². The predicted molar refractivity (Wildman–Crippen MR) is 98.1 cm³/mol. The third kappa shape index (κ3) is 3.78. The van der Waals surface area contributed by atoms with Gasteiger partial charge in [-0.1, -0.05) is 0 Å². The number of carbonyl (C=O) groups excluding carboxylic acids is 1. The molecule has 1 saturated heterocycles. The van der Waals surface area contributed by atoms with Crippen LogP contribution in [-0.2, 0) is 11.2 Å². The molecule has 0 saturated carbocycles. The van der Waals surface area contributed by atoms with Crippen LogP contribution in [0.25, 0.3) is 11.3 Å². The van der Waals surface area contributed by atoms with E-state index in [9.17, 15) is 13.6 Å². The van der Waals surface area contributed by atoms with Crippen molar-refractivity contribution in [2.24, 2.45) is 0 Å². The average Bonchev–Trinajstić information content (AvgIpc) is 3.36. The van der Waals surface area contributed by atoms with Crippen molar-refractivity contribution >= 4 is 5.91 Å². The molecule has 2 aromatic heterocycles. The number of likely N-dealkylation sites (tertiary alicyclic amines) is 1. The lowest BCUT2D eigenvalue weighted by Gasteiger charge is -2.24. The molecule has 3 aromatic rings. The van der Waals surface area contributed by atoms with Crippen molar-refractivity contribution in [2.75, 3.05) is 6.54 Å². The van der Waals surface area contributed by atoms with E-state index in [1.165, 1.54) is 12.3 Å². The maximum absolute atomic E-state index is 13.9. The van der Waals surface area contributed by atoms with Crippen LogP contribution in [0.1, 0.15) is 36.8 Å². The third-order valence-electron chi connectivity index (χ3n) is 4.97. The quantitative estimate of drug-likeness (QED) is 0.659. The molecule has 0 unspecified atom stereocenters. The van der Waals surface area contributed by atoms with Crippen LogP contribution in [0.4, 0.5) is 8.78 Å². The number of amides is 1. The minimum absolute atomic E-state index is 0.0343. The predicted octanol–water partition coefficient (Wildman–Crippen LogP) is 4.31. The Morgan fingerprint density at radius 2 is 2.04 bits per heavy atom. The van der Waals surface area contributed by atoms with Crippen LogP contribution < -0.4 is 0 Å². The second-order valence-corrected chi connectivity index (χ2v) is 6.77. The lowest BCUT2D eigenvalue weighted by molar-refractivity contribution is -0.132. The molecule has 5 nitrogen and oxygen atoms in total. The van der Waals surface area contributed by atoms with Crippen LogP contribution in [0.5, 0.6) is 0 Å². The summed E-state index contributed by atoms with van der Waals surface area (Å²) in [5.74, 6) is -0.758. The van der Waals surface area contributed by atoms with Gasteiger partial charge in [0, 0.05) is 37.8 Å². The fraction of sp³-hybridized carbons (Fsp3) is 0.286. The summed E-state index contributed by atoms with van der Waals surface area (Å²) in [5, 5.41) is 0. The Labute approximate surface area is 161 Å². The van der Waals surface area contributed by atoms with Gasteiger partial charge in [0.15, 0.2) is 11.7 Å². The van der Waals surface area contributed by atoms with Crippen molar-refractivity contribution in [1.29, 1.82) is 0 Å². The lowest BCUT2D eigenvalue weighted by Crippen LogP contribution is -2.30. The van der Waals surface area contributed by atoms with Crippen molar-refractivity contribution < 1.29 is 18.0 Å². The number of oxazole rings is 1. The van der Waals surface area contributed by atoms with Gasteiger partial charge < -0.3 is 9.32 Å². The Morgan fingerprint density at radius 1 is 1.21 bits per heavy atom. The van der Waals surface area contributed by atoms with E-state index in [2.05, 4.69) is 9.97 Å². The van der Waals surface area contributed by atoms with E-state index in [0.717, 1.165) is 37.1 Å². The van der Waals surface area contributed by atoms with Crippen LogP contribution >= 0.6 is 0 Å². The molecule has 1 aromatic carbocycles. The second-order valence-electron chi connectivity index (χ2n) is 6.77. The van der Waals surface area contributed by atoms with Gasteiger partial charge in [0.25, 0.3) is 0 Å². The number of halogens is 2. The molecule has 4 rings (SSSR count). The summed E-state index contributed by atoms with van der Waals surface area (Å²) in [6.07, 6.45) is 7.34. The SMILES string of the molecule is O=C(CCc1ncc(-c2ccc(F)cc2F)o1)N1CCC[C@@H]1c1ccncc1. The number of aromatic nitrogens is 2. The van der Waals surface area contributed by atoms with E-state index in [0.29, 0.717) is 12.3 Å². The number of pyridine rings is 1. The Morgan fingerprint density at radius 3 is 2.82 bits per heavy atom. The number of rotatable bonds is 5. The Bertz CT molecular complexity index is 975. The Balaban J connectivity index is 1.41. The molecule has 0 aliphatic carbocycles. The maximum Gasteiger partial charge on any atom is 0.223 e. The number of carbonyl (C=O) groups is 1. The highest BCUT2D eigenvalue weighted by molar-refractivity contribution is 5.77. The van der Waals surface area contributed by atoms with Crippen LogP contribution in [0, 0.1) is 11.6 Å². The average molecular weight is 383 g/mol. The molecular weight excluding hydrogens is 364 g/mol. The fourth-order valence-corrected chi connectivity index (χ4v) is 3.59. The number of aryl methyl sites for hydroxylation is 1. The zero-order valence-corrected chi connectivity index (χ0v) is 15.1. The summed E-state index contributed by atoms with van der Waals surface area (Å²) in [4.78, 5) is 22.8. The van der Waals surface area contributed by atoms with Crippen molar-refractivity contribution in [3.05, 3.63) is 72.0 Å². The van der Waals surface area contributed by atoms with Gasteiger partial charge in [0.1, 0.15) is 11.6 Å². The molecule has 0 bridgehead atoms. The van der Waals surface area contributed by atoms with E-state index < -0.39 is 11.6 Å². The molecule has 7 heteroatoms. The minimum atomic E-state index is -0.712. The Hall–Kier alpha value is -3.09. The largest absolute Gasteiger partial charge is 0.441 e. The van der Waals surface area contributed by atoms with Gasteiger partial charge in [-0.25, -0.2) is 13.8 Å². The van der Waals surface area contributed by atoms with E-state index >= 15 is 0 Å². The highest BCUT2D eigenvalue weighted by Crippen LogP contribution is 2.32. The first-order chi connectivity index (χ1) is 13.6. The zero-order valence-electron chi connectivity index (χ0n) is 15.1. The van der Waals surface area contributed by atoms with Crippen LogP contribution in [0.15, 0.2) is 53.3 Å². The first-order valence-corrected chi connectivity index (χ1v) is 9.21. The van der Waals surface area contributed by atoms with E-state index in [1.807, 2.05) is 17.0 Å². The molecule has 1 aliphatic heterocycles. The van der Waals surface area contributed by atoms with Gasteiger partial charge in [0.05, 0.1) is 17.8 Å². The van der Waals surface area contributed by atoms with Gasteiger partial charge in [-0.3, -0.25) is 9.78 Å². The van der Waals surface area contributed by atoms with Gasteiger partial charge in [0.2, 0.25) is 5.91 Å². The first-order valence-electron chi connectivity index (χ1n) is 9.21. The highest BCUT2D eigenvalue weighted by atomic mass is 19.1. The molecule has 3 heterocycles. The molecule has 0 spiro atoms. The van der Waals surface area contributed by atoms with Gasteiger partial charge in [-0.05, 0) is 42.7 Å². The van der Waals surface area contributed by atoms with Crippen molar-refractivity contribution in [3.63, 3.8) is 0 Å². The summed E-state index contributed by atoms with van der Waals surface area (Å²) in [5.41, 5.74) is 1.23. The van der Waals surface area contributed by atoms with E-state index in [1.54, 1.807) is 12.4 Å². The summed E-state index contributed by atoms with van der Waals surface area (Å²) in [6.45, 7) is 0.726. The van der Waals surface area contributed by atoms with Gasteiger partial charge in [-0.2, -0.15) is 0 Å². The summed E-state index contributed by atoms with van der Waals surface area (Å²) < 4.78 is 32.5. The molecule has 1 atom stereocenters. The van der Waals surface area contributed by atoms with Gasteiger partial charge >= 0.3 is 0 Å². The molecule has 1 fully saturated rings. The lowest BCUT2D eigenvalue weighted by atomic mass is 10.1. The summed E-state index contributed by atoms with van der Waals surface area (Å²) in [7, 11) is 0. The smallest absolute Gasteiger partial charge is 0.223 e. The second kappa shape index (κ2) is 7.88. The zero-order chi connectivity index (χ0) is 19.5. The standard InChI is InChI=1S/C21H19F2N3O2/c22-15-3-4-16(17(23)12-15)19-13-25-20(28-19)5-6-21(27)26-11-1-2-18(26)14-7-9-24-10-8-14/h3-4,7-10,12-13,18H,1-2,5-6,11H2/t18-/m1/s1. The highest BCUT2D eigenvalue weighted by Gasteiger charge is 2.29. The minimum Gasteiger partial charge on any atom is -0.441 e. The van der Waals surface area contributed by atoms with Crippen LogP contribution in [0.2, 0.25) is 0 Å². The molecular formula is C21H19F2N3O2. The Kier molecular flexibility index (Phi) is 5.14. The third-order valence-corrected chi connectivity index (χ3v) is 4.97. The molecule has 0 N–H and O–H groups in total. The monoisotopic (exact) mass is 383 g/mol. The van der Waals surface area contributed by atoms with Crippen molar-refractivity contribution in [1.82, 2.24) is 14.9 Å². The number of nitrogens with zero attached hydrogens (tertiary/aromatic N) is 3. The number of benzene rings is 1. The number of hydrogen-bond donors (Lipinski definition) is 0. The normalized spacial score (nSPS) is 16.5. The van der Waals surface area contributed by atoms with E-state index in [-0.39, 0.29) is 29.7 Å². The maximum atomic E-state index is 13.9. The molecule has 0 radical (unpaired) electrons. The van der Waals surface area contributed by atoms with E-state index in [4.69, 9.17) is 4.42 Å². The molecule has 144 valence electrons. The van der Waals surface area contributed by atoms with Crippen LogP contribution in [0.3, 0.4) is 0 Å². The first kappa shape index (κ1) is 18.3.